The van der Waals surface area contributed by atoms with Crippen LogP contribution < -0.4 is 15.9 Å². The van der Waals surface area contributed by atoms with Crippen molar-refractivity contribution >= 4 is 28.5 Å². The third-order valence-corrected chi connectivity index (χ3v) is 7.30. The molecule has 1 N–H and O–H groups in total. The first-order valence-corrected chi connectivity index (χ1v) is 14.9. The van der Waals surface area contributed by atoms with Crippen LogP contribution >= 0.6 is 0 Å². The molecule has 0 aliphatic carbocycles. The summed E-state index contributed by atoms with van der Waals surface area (Å²) in [6.45, 7) is 6.91. The zero-order valence-corrected chi connectivity index (χ0v) is 25.6. The van der Waals surface area contributed by atoms with E-state index in [0.717, 1.165) is 24.5 Å². The molecule has 8 heteroatoms. The maximum Gasteiger partial charge on any atom is 0.412 e. The van der Waals surface area contributed by atoms with Gasteiger partial charge in [-0.1, -0.05) is 66.7 Å². The molecule has 0 fully saturated rings. The van der Waals surface area contributed by atoms with Crippen LogP contribution in [0.4, 0.5) is 16.2 Å². The number of aromatic nitrogens is 3. The van der Waals surface area contributed by atoms with Gasteiger partial charge in [-0.3, -0.25) is 19.4 Å². The molecule has 0 aliphatic rings. The highest BCUT2D eigenvalue weighted by Gasteiger charge is 2.19. The third kappa shape index (κ3) is 6.80. The van der Waals surface area contributed by atoms with Crippen molar-refractivity contribution in [3.63, 3.8) is 0 Å². The molecule has 0 bridgehead atoms. The predicted octanol–water partition coefficient (Wildman–Crippen LogP) is 7.73. The van der Waals surface area contributed by atoms with Crippen LogP contribution in [0, 0.1) is 0 Å². The van der Waals surface area contributed by atoms with Crippen molar-refractivity contribution in [3.05, 3.63) is 149 Å². The van der Waals surface area contributed by atoms with Gasteiger partial charge in [0.05, 0.1) is 28.6 Å². The number of pyridine rings is 1. The van der Waals surface area contributed by atoms with Crippen molar-refractivity contribution in [2.45, 2.75) is 39.5 Å². The smallest absolute Gasteiger partial charge is 0.412 e. The Hall–Kier alpha value is -5.63. The van der Waals surface area contributed by atoms with Crippen LogP contribution in [0.3, 0.4) is 0 Å². The van der Waals surface area contributed by atoms with Crippen LogP contribution in [0.2, 0.25) is 0 Å². The number of benzene rings is 4. The van der Waals surface area contributed by atoms with Gasteiger partial charge in [-0.15, -0.1) is 0 Å². The minimum atomic E-state index is -0.630. The highest BCUT2D eigenvalue weighted by molar-refractivity contribution is 5.86. The highest BCUT2D eigenvalue weighted by atomic mass is 16.6. The van der Waals surface area contributed by atoms with Gasteiger partial charge in [0.25, 0.3) is 0 Å². The first kappa shape index (κ1) is 29.4. The number of carbonyl (C=O) groups excluding carboxylic acids is 1. The Morgan fingerprint density at radius 1 is 0.756 bits per heavy atom. The Labute approximate surface area is 262 Å². The molecule has 1 amide bonds. The SMILES string of the molecule is CC(C)(C)OC(=O)Nc1cccc(-n2c(=O)n(-c3ccc(N(Cc4ccccc4)Cc4ccccc4)cc3)c3cnccc32)c1. The highest BCUT2D eigenvalue weighted by Crippen LogP contribution is 2.26. The molecule has 6 aromatic rings. The maximum absolute atomic E-state index is 14.1. The normalized spacial score (nSPS) is 11.4. The number of hydrogen-bond donors (Lipinski definition) is 1. The maximum atomic E-state index is 14.1. The Balaban J connectivity index is 1.35. The van der Waals surface area contributed by atoms with E-state index >= 15 is 0 Å². The van der Waals surface area contributed by atoms with E-state index in [-0.39, 0.29) is 5.69 Å². The second-order valence-electron chi connectivity index (χ2n) is 11.8. The molecule has 2 aromatic heterocycles. The Bertz CT molecular complexity index is 1930. The van der Waals surface area contributed by atoms with E-state index in [2.05, 4.69) is 75.9 Å². The second-order valence-corrected chi connectivity index (χ2v) is 11.8. The average molecular weight is 598 g/mol. The molecule has 45 heavy (non-hydrogen) atoms. The molecule has 0 saturated heterocycles. The summed E-state index contributed by atoms with van der Waals surface area (Å²) >= 11 is 0. The van der Waals surface area contributed by atoms with E-state index in [1.807, 2.05) is 57.2 Å². The summed E-state index contributed by atoms with van der Waals surface area (Å²) in [6, 6.07) is 37.8. The number of imidazole rings is 1. The van der Waals surface area contributed by atoms with Gasteiger partial charge in [0, 0.05) is 30.7 Å². The van der Waals surface area contributed by atoms with E-state index in [1.165, 1.54) is 11.1 Å². The molecule has 8 nitrogen and oxygen atoms in total. The van der Waals surface area contributed by atoms with Crippen molar-refractivity contribution in [2.24, 2.45) is 0 Å². The Kier molecular flexibility index (Phi) is 8.20. The Morgan fingerprint density at radius 2 is 1.38 bits per heavy atom. The summed E-state index contributed by atoms with van der Waals surface area (Å²) in [7, 11) is 0. The number of hydrogen-bond acceptors (Lipinski definition) is 5. The fraction of sp³-hybridized carbons (Fsp3) is 0.162. The van der Waals surface area contributed by atoms with Crippen LogP contribution in [-0.4, -0.2) is 25.8 Å². The summed E-state index contributed by atoms with van der Waals surface area (Å²) < 4.78 is 8.69. The minimum absolute atomic E-state index is 0.245. The number of nitrogens with one attached hydrogen (secondary N) is 1. The van der Waals surface area contributed by atoms with Crippen LogP contribution in [0.15, 0.2) is 132 Å². The van der Waals surface area contributed by atoms with Crippen molar-refractivity contribution in [3.8, 4) is 11.4 Å². The van der Waals surface area contributed by atoms with Gasteiger partial charge in [-0.2, -0.15) is 0 Å². The van der Waals surface area contributed by atoms with Gasteiger partial charge in [-0.25, -0.2) is 9.59 Å². The lowest BCUT2D eigenvalue weighted by atomic mass is 10.1. The number of amides is 1. The average Bonchev–Trinajstić information content (AvgIpc) is 3.32. The van der Waals surface area contributed by atoms with Crippen molar-refractivity contribution < 1.29 is 9.53 Å². The van der Waals surface area contributed by atoms with E-state index in [4.69, 9.17) is 4.74 Å². The first-order valence-electron chi connectivity index (χ1n) is 14.9. The zero-order valence-electron chi connectivity index (χ0n) is 25.6. The summed E-state index contributed by atoms with van der Waals surface area (Å²) in [5.74, 6) is 0. The van der Waals surface area contributed by atoms with Gasteiger partial charge >= 0.3 is 11.8 Å². The molecular weight excluding hydrogens is 562 g/mol. The second kappa shape index (κ2) is 12.5. The summed E-state index contributed by atoms with van der Waals surface area (Å²) in [5, 5.41) is 2.77. The zero-order chi connectivity index (χ0) is 31.4. The third-order valence-electron chi connectivity index (χ3n) is 7.30. The molecule has 0 atom stereocenters. The minimum Gasteiger partial charge on any atom is -0.444 e. The standard InChI is InChI=1S/C37H35N5O3/c1-37(2,3)45-35(43)39-29-15-10-16-32(23-29)42-33-21-22-38-24-34(33)41(36(42)44)31-19-17-30(18-20-31)40(25-27-11-6-4-7-12-27)26-28-13-8-5-9-14-28/h4-24H,25-26H2,1-3H3,(H,39,43). The van der Waals surface area contributed by atoms with E-state index < -0.39 is 11.7 Å². The molecule has 0 aliphatic heterocycles. The molecule has 6 rings (SSSR count). The topological polar surface area (TPSA) is 81.4 Å². The lowest BCUT2D eigenvalue weighted by molar-refractivity contribution is 0.0636. The number of carbonyl (C=O) groups is 1. The number of anilines is 2. The monoisotopic (exact) mass is 597 g/mol. The van der Waals surface area contributed by atoms with E-state index in [1.54, 1.807) is 39.7 Å². The van der Waals surface area contributed by atoms with Gasteiger partial charge in [0.2, 0.25) is 0 Å². The summed E-state index contributed by atoms with van der Waals surface area (Å²) in [4.78, 5) is 33.1. The molecule has 226 valence electrons. The summed E-state index contributed by atoms with van der Waals surface area (Å²) in [6.07, 6.45) is 2.80. The lowest BCUT2D eigenvalue weighted by Gasteiger charge is -2.25. The molecule has 0 saturated carbocycles. The first-order chi connectivity index (χ1) is 21.7. The summed E-state index contributed by atoms with van der Waals surface area (Å²) in [5.41, 5.74) is 5.82. The predicted molar refractivity (Wildman–Crippen MR) is 179 cm³/mol. The van der Waals surface area contributed by atoms with Crippen molar-refractivity contribution in [1.29, 1.82) is 0 Å². The van der Waals surface area contributed by atoms with Crippen LogP contribution in [0.25, 0.3) is 22.4 Å². The van der Waals surface area contributed by atoms with Gasteiger partial charge in [0.1, 0.15) is 5.60 Å². The van der Waals surface area contributed by atoms with Crippen molar-refractivity contribution in [1.82, 2.24) is 14.1 Å². The van der Waals surface area contributed by atoms with Crippen LogP contribution in [0.1, 0.15) is 31.9 Å². The lowest BCUT2D eigenvalue weighted by Crippen LogP contribution is -2.27. The number of ether oxygens (including phenoxy) is 1. The van der Waals surface area contributed by atoms with Crippen LogP contribution in [0.5, 0.6) is 0 Å². The number of fused-ring (bicyclic) bond motifs is 1. The molecule has 4 aromatic carbocycles. The fourth-order valence-electron chi connectivity index (χ4n) is 5.35. The Morgan fingerprint density at radius 3 is 2.00 bits per heavy atom. The molecular formula is C37H35N5O3. The largest absolute Gasteiger partial charge is 0.444 e. The number of nitrogens with zero attached hydrogens (tertiary/aromatic N) is 4. The van der Waals surface area contributed by atoms with E-state index in [0.29, 0.717) is 22.4 Å². The molecule has 0 radical (unpaired) electrons. The number of rotatable bonds is 8. The van der Waals surface area contributed by atoms with E-state index in [9.17, 15) is 9.59 Å². The fourth-order valence-corrected chi connectivity index (χ4v) is 5.35. The van der Waals surface area contributed by atoms with Crippen LogP contribution in [-0.2, 0) is 17.8 Å². The molecule has 2 heterocycles. The quantitative estimate of drug-likeness (QED) is 0.194. The molecule has 0 spiro atoms. The van der Waals surface area contributed by atoms with Gasteiger partial charge < -0.3 is 9.64 Å². The van der Waals surface area contributed by atoms with Crippen molar-refractivity contribution in [2.75, 3.05) is 10.2 Å². The van der Waals surface area contributed by atoms with Gasteiger partial charge in [0.15, 0.2) is 0 Å². The van der Waals surface area contributed by atoms with Gasteiger partial charge in [-0.05, 0) is 80.4 Å². The molecule has 0 unspecified atom stereocenters.